The molecule has 2 N–H and O–H groups in total. The lowest BCUT2D eigenvalue weighted by Gasteiger charge is -2.13. The summed E-state index contributed by atoms with van der Waals surface area (Å²) in [6.07, 6.45) is 1.98. The fourth-order valence-corrected chi connectivity index (χ4v) is 2.71. The summed E-state index contributed by atoms with van der Waals surface area (Å²) >= 11 is 0. The van der Waals surface area contributed by atoms with E-state index in [1.165, 1.54) is 11.1 Å². The molecule has 0 bridgehead atoms. The van der Waals surface area contributed by atoms with E-state index in [-0.39, 0.29) is 12.1 Å². The SMILES string of the molecule is O=C(NCC#Cc1ccccc1)NC1CCc2ccccc21. The molecule has 2 aromatic rings. The Morgan fingerprint density at radius 2 is 1.86 bits per heavy atom. The van der Waals surface area contributed by atoms with Crippen molar-refractivity contribution in [1.82, 2.24) is 10.6 Å². The molecule has 0 fully saturated rings. The van der Waals surface area contributed by atoms with Gasteiger partial charge in [-0.2, -0.15) is 0 Å². The number of carbonyl (C=O) groups is 1. The summed E-state index contributed by atoms with van der Waals surface area (Å²) in [7, 11) is 0. The van der Waals surface area contributed by atoms with Crippen LogP contribution in [-0.2, 0) is 6.42 Å². The predicted octanol–water partition coefficient (Wildman–Crippen LogP) is 3.02. The maximum absolute atomic E-state index is 11.9. The van der Waals surface area contributed by atoms with Gasteiger partial charge >= 0.3 is 6.03 Å². The van der Waals surface area contributed by atoms with Gasteiger partial charge in [0, 0.05) is 5.56 Å². The number of hydrogen-bond acceptors (Lipinski definition) is 1. The minimum Gasteiger partial charge on any atom is -0.331 e. The van der Waals surface area contributed by atoms with Gasteiger partial charge in [-0.05, 0) is 36.1 Å². The van der Waals surface area contributed by atoms with Gasteiger partial charge in [-0.25, -0.2) is 4.79 Å². The highest BCUT2D eigenvalue weighted by Gasteiger charge is 2.22. The smallest absolute Gasteiger partial charge is 0.316 e. The molecule has 110 valence electrons. The zero-order valence-electron chi connectivity index (χ0n) is 12.3. The number of benzene rings is 2. The molecule has 22 heavy (non-hydrogen) atoms. The number of urea groups is 1. The summed E-state index contributed by atoms with van der Waals surface area (Å²) in [5.74, 6) is 5.97. The van der Waals surface area contributed by atoms with E-state index in [2.05, 4.69) is 34.6 Å². The number of amides is 2. The van der Waals surface area contributed by atoms with Crippen LogP contribution in [0.4, 0.5) is 4.79 Å². The number of carbonyl (C=O) groups excluding carboxylic acids is 1. The lowest BCUT2D eigenvalue weighted by molar-refractivity contribution is 0.238. The normalized spacial score (nSPS) is 15.4. The fourth-order valence-electron chi connectivity index (χ4n) is 2.71. The quantitative estimate of drug-likeness (QED) is 0.820. The highest BCUT2D eigenvalue weighted by Crippen LogP contribution is 2.30. The maximum atomic E-state index is 11.9. The minimum atomic E-state index is -0.163. The van der Waals surface area contributed by atoms with Crippen molar-refractivity contribution in [2.24, 2.45) is 0 Å². The second-order valence-corrected chi connectivity index (χ2v) is 5.28. The van der Waals surface area contributed by atoms with E-state index in [1.54, 1.807) is 0 Å². The van der Waals surface area contributed by atoms with Crippen molar-refractivity contribution in [2.75, 3.05) is 6.54 Å². The number of hydrogen-bond donors (Lipinski definition) is 2. The molecule has 0 radical (unpaired) electrons. The van der Waals surface area contributed by atoms with Crippen molar-refractivity contribution in [2.45, 2.75) is 18.9 Å². The third-order valence-corrected chi connectivity index (χ3v) is 3.78. The van der Waals surface area contributed by atoms with Gasteiger partial charge < -0.3 is 10.6 Å². The first-order chi connectivity index (χ1) is 10.8. The van der Waals surface area contributed by atoms with Crippen LogP contribution < -0.4 is 10.6 Å². The lowest BCUT2D eigenvalue weighted by atomic mass is 10.1. The van der Waals surface area contributed by atoms with E-state index in [0.29, 0.717) is 6.54 Å². The number of nitrogens with one attached hydrogen (secondary N) is 2. The molecule has 2 aromatic carbocycles. The molecule has 1 unspecified atom stereocenters. The van der Waals surface area contributed by atoms with Crippen LogP contribution in [0.25, 0.3) is 0 Å². The van der Waals surface area contributed by atoms with Crippen LogP contribution in [-0.4, -0.2) is 12.6 Å². The lowest BCUT2D eigenvalue weighted by Crippen LogP contribution is -2.37. The van der Waals surface area contributed by atoms with E-state index in [9.17, 15) is 4.79 Å². The van der Waals surface area contributed by atoms with Crippen molar-refractivity contribution >= 4 is 6.03 Å². The van der Waals surface area contributed by atoms with E-state index in [4.69, 9.17) is 0 Å². The number of fused-ring (bicyclic) bond motifs is 1. The zero-order valence-corrected chi connectivity index (χ0v) is 12.3. The molecule has 0 aliphatic heterocycles. The predicted molar refractivity (Wildman–Crippen MR) is 87.4 cm³/mol. The van der Waals surface area contributed by atoms with Crippen LogP contribution in [0.5, 0.6) is 0 Å². The Bertz CT molecular complexity index is 713. The molecular weight excluding hydrogens is 272 g/mol. The number of aryl methyl sites for hydroxylation is 1. The minimum absolute atomic E-state index is 0.110. The van der Waals surface area contributed by atoms with E-state index in [1.807, 2.05) is 42.5 Å². The fraction of sp³-hybridized carbons (Fsp3) is 0.211. The molecule has 3 heteroatoms. The Balaban J connectivity index is 1.49. The molecule has 3 nitrogen and oxygen atoms in total. The topological polar surface area (TPSA) is 41.1 Å². The average Bonchev–Trinajstić information content (AvgIpc) is 2.96. The van der Waals surface area contributed by atoms with Crippen LogP contribution in [0.2, 0.25) is 0 Å². The standard InChI is InChI=1S/C19H18N2O/c22-19(20-14-6-9-15-7-2-1-3-8-15)21-18-13-12-16-10-4-5-11-17(16)18/h1-5,7-8,10-11,18H,12-14H2,(H2,20,21,22). The number of rotatable bonds is 2. The van der Waals surface area contributed by atoms with Crippen molar-refractivity contribution in [3.05, 3.63) is 71.3 Å². The maximum Gasteiger partial charge on any atom is 0.316 e. The van der Waals surface area contributed by atoms with E-state index < -0.39 is 0 Å². The van der Waals surface area contributed by atoms with Crippen LogP contribution >= 0.6 is 0 Å². The molecule has 3 rings (SSSR count). The molecule has 1 aliphatic rings. The summed E-state index contributed by atoms with van der Waals surface area (Å²) in [4.78, 5) is 11.9. The molecule has 2 amide bonds. The highest BCUT2D eigenvalue weighted by atomic mass is 16.2. The Morgan fingerprint density at radius 1 is 1.09 bits per heavy atom. The van der Waals surface area contributed by atoms with Crippen molar-refractivity contribution in [1.29, 1.82) is 0 Å². The van der Waals surface area contributed by atoms with Crippen LogP contribution in [0.3, 0.4) is 0 Å². The van der Waals surface area contributed by atoms with Crippen molar-refractivity contribution in [3.8, 4) is 11.8 Å². The van der Waals surface area contributed by atoms with Gasteiger partial charge in [0.05, 0.1) is 12.6 Å². The second-order valence-electron chi connectivity index (χ2n) is 5.28. The molecule has 0 saturated heterocycles. The average molecular weight is 290 g/mol. The monoisotopic (exact) mass is 290 g/mol. The van der Waals surface area contributed by atoms with Gasteiger partial charge in [0.2, 0.25) is 0 Å². The van der Waals surface area contributed by atoms with Crippen LogP contribution in [0.1, 0.15) is 29.2 Å². The summed E-state index contributed by atoms with van der Waals surface area (Å²) in [5.41, 5.74) is 3.51. The van der Waals surface area contributed by atoms with Gasteiger partial charge in [0.25, 0.3) is 0 Å². The Hall–Kier alpha value is -2.73. The molecule has 0 aromatic heterocycles. The summed E-state index contributed by atoms with van der Waals surface area (Å²) in [6, 6.07) is 18.0. The van der Waals surface area contributed by atoms with Crippen molar-refractivity contribution in [3.63, 3.8) is 0 Å². The zero-order chi connectivity index (χ0) is 15.2. The van der Waals surface area contributed by atoms with Gasteiger partial charge in [0.15, 0.2) is 0 Å². The third-order valence-electron chi connectivity index (χ3n) is 3.78. The first-order valence-electron chi connectivity index (χ1n) is 7.49. The molecule has 1 aliphatic carbocycles. The summed E-state index contributed by atoms with van der Waals surface area (Å²) < 4.78 is 0. The first-order valence-corrected chi connectivity index (χ1v) is 7.49. The second kappa shape index (κ2) is 6.82. The van der Waals surface area contributed by atoms with Gasteiger partial charge in [-0.15, -0.1) is 0 Å². The Labute approximate surface area is 130 Å². The van der Waals surface area contributed by atoms with Gasteiger partial charge in [-0.3, -0.25) is 0 Å². The van der Waals surface area contributed by atoms with E-state index >= 15 is 0 Å². The van der Waals surface area contributed by atoms with E-state index in [0.717, 1.165) is 18.4 Å². The van der Waals surface area contributed by atoms with Crippen molar-refractivity contribution < 1.29 is 4.79 Å². The molecule has 0 saturated carbocycles. The molecule has 0 spiro atoms. The summed E-state index contributed by atoms with van der Waals surface area (Å²) in [5, 5.41) is 5.80. The van der Waals surface area contributed by atoms with Crippen LogP contribution in [0, 0.1) is 11.8 Å². The third kappa shape index (κ3) is 3.48. The Morgan fingerprint density at radius 3 is 2.73 bits per heavy atom. The summed E-state index contributed by atoms with van der Waals surface area (Å²) in [6.45, 7) is 0.342. The van der Waals surface area contributed by atoms with Gasteiger partial charge in [0.1, 0.15) is 0 Å². The highest BCUT2D eigenvalue weighted by molar-refractivity contribution is 5.75. The molecular formula is C19H18N2O. The largest absolute Gasteiger partial charge is 0.331 e. The van der Waals surface area contributed by atoms with Crippen LogP contribution in [0.15, 0.2) is 54.6 Å². The molecule has 0 heterocycles. The Kier molecular flexibility index (Phi) is 4.41. The molecule has 1 atom stereocenters. The van der Waals surface area contributed by atoms with Gasteiger partial charge in [-0.1, -0.05) is 54.3 Å². The first kappa shape index (κ1) is 14.2.